The van der Waals surface area contributed by atoms with Crippen LogP contribution >= 0.6 is 0 Å². The predicted octanol–water partition coefficient (Wildman–Crippen LogP) is 2.31. The maximum Gasteiger partial charge on any atom is 0.415 e. The van der Waals surface area contributed by atoms with Gasteiger partial charge in [0, 0.05) is 5.56 Å². The van der Waals surface area contributed by atoms with Crippen molar-refractivity contribution < 1.29 is 19.4 Å². The van der Waals surface area contributed by atoms with E-state index in [0.717, 1.165) is 0 Å². The number of hydrogen-bond donors (Lipinski definition) is 1. The summed E-state index contributed by atoms with van der Waals surface area (Å²) in [4.78, 5) is 13.7. The van der Waals surface area contributed by atoms with Crippen LogP contribution in [0, 0.1) is 0 Å². The van der Waals surface area contributed by atoms with E-state index in [1.807, 2.05) is 20.8 Å². The standard InChI is InChI=1S/C14H19NO4/c1-14(2,3)19-13(17)15-7-8-18-12-10(9-16)5-4-6-11(12)15/h4-6,16H,7-9H2,1-3H3. The molecule has 0 spiro atoms. The molecule has 19 heavy (non-hydrogen) atoms. The molecule has 0 saturated carbocycles. The summed E-state index contributed by atoms with van der Waals surface area (Å²) in [5, 5.41) is 9.29. The number of amides is 1. The quantitative estimate of drug-likeness (QED) is 0.846. The molecule has 0 fully saturated rings. The summed E-state index contributed by atoms with van der Waals surface area (Å²) in [6.07, 6.45) is -0.396. The number of rotatable bonds is 1. The van der Waals surface area contributed by atoms with Gasteiger partial charge in [0.1, 0.15) is 18.0 Å². The second-order valence-corrected chi connectivity index (χ2v) is 5.40. The lowest BCUT2D eigenvalue weighted by molar-refractivity contribution is 0.0567. The molecule has 0 aromatic heterocycles. The highest BCUT2D eigenvalue weighted by atomic mass is 16.6. The Balaban J connectivity index is 2.30. The van der Waals surface area contributed by atoms with Crippen molar-refractivity contribution in [1.82, 2.24) is 0 Å². The monoisotopic (exact) mass is 265 g/mol. The molecule has 5 nitrogen and oxygen atoms in total. The number of aliphatic hydroxyl groups excluding tert-OH is 1. The van der Waals surface area contributed by atoms with Crippen LogP contribution in [-0.4, -0.2) is 30.0 Å². The minimum atomic E-state index is -0.538. The van der Waals surface area contributed by atoms with E-state index in [1.165, 1.54) is 0 Å². The Morgan fingerprint density at radius 3 is 2.84 bits per heavy atom. The molecular formula is C14H19NO4. The second-order valence-electron chi connectivity index (χ2n) is 5.40. The highest BCUT2D eigenvalue weighted by Crippen LogP contribution is 2.35. The molecule has 0 atom stereocenters. The van der Waals surface area contributed by atoms with E-state index in [2.05, 4.69) is 0 Å². The Morgan fingerprint density at radius 2 is 2.21 bits per heavy atom. The number of anilines is 1. The first-order valence-corrected chi connectivity index (χ1v) is 6.28. The number of ether oxygens (including phenoxy) is 2. The predicted molar refractivity (Wildman–Crippen MR) is 71.4 cm³/mol. The molecule has 0 unspecified atom stereocenters. The first kappa shape index (κ1) is 13.7. The molecule has 1 heterocycles. The van der Waals surface area contributed by atoms with Gasteiger partial charge in [-0.05, 0) is 26.8 Å². The molecule has 2 rings (SSSR count). The van der Waals surface area contributed by atoms with E-state index in [-0.39, 0.29) is 6.61 Å². The molecule has 1 aliphatic rings. The van der Waals surface area contributed by atoms with Crippen LogP contribution in [0.3, 0.4) is 0 Å². The van der Waals surface area contributed by atoms with Gasteiger partial charge in [-0.2, -0.15) is 0 Å². The van der Waals surface area contributed by atoms with Crippen molar-refractivity contribution in [1.29, 1.82) is 0 Å². The first-order valence-electron chi connectivity index (χ1n) is 6.28. The van der Waals surface area contributed by atoms with Crippen LogP contribution in [0.15, 0.2) is 18.2 Å². The molecule has 5 heteroatoms. The summed E-state index contributed by atoms with van der Waals surface area (Å²) in [5.74, 6) is 0.558. The maximum atomic E-state index is 12.2. The Kier molecular flexibility index (Phi) is 3.66. The lowest BCUT2D eigenvalue weighted by Crippen LogP contribution is -2.41. The number of carbonyl (C=O) groups is 1. The number of benzene rings is 1. The Hall–Kier alpha value is -1.75. The van der Waals surface area contributed by atoms with Crippen molar-refractivity contribution in [3.63, 3.8) is 0 Å². The highest BCUT2D eigenvalue weighted by Gasteiger charge is 2.29. The van der Waals surface area contributed by atoms with Crippen LogP contribution in [-0.2, 0) is 11.3 Å². The summed E-state index contributed by atoms with van der Waals surface area (Å²) in [6, 6.07) is 5.35. The van der Waals surface area contributed by atoms with Crippen LogP contribution < -0.4 is 9.64 Å². The van der Waals surface area contributed by atoms with E-state index in [0.29, 0.717) is 30.2 Å². The largest absolute Gasteiger partial charge is 0.489 e. The molecule has 0 saturated heterocycles. The Labute approximate surface area is 112 Å². The van der Waals surface area contributed by atoms with Gasteiger partial charge in [0.15, 0.2) is 0 Å². The van der Waals surface area contributed by atoms with Gasteiger partial charge in [-0.3, -0.25) is 4.90 Å². The third-order valence-corrected chi connectivity index (χ3v) is 2.71. The zero-order valence-corrected chi connectivity index (χ0v) is 11.5. The van der Waals surface area contributed by atoms with Crippen LogP contribution in [0.1, 0.15) is 26.3 Å². The third-order valence-electron chi connectivity index (χ3n) is 2.71. The van der Waals surface area contributed by atoms with Crippen molar-refractivity contribution in [2.45, 2.75) is 33.0 Å². The van der Waals surface area contributed by atoms with E-state index in [1.54, 1.807) is 23.1 Å². The van der Waals surface area contributed by atoms with E-state index >= 15 is 0 Å². The number of fused-ring (bicyclic) bond motifs is 1. The van der Waals surface area contributed by atoms with E-state index in [9.17, 15) is 9.90 Å². The minimum absolute atomic E-state index is 0.120. The van der Waals surface area contributed by atoms with Crippen LogP contribution in [0.2, 0.25) is 0 Å². The maximum absolute atomic E-state index is 12.2. The SMILES string of the molecule is CC(C)(C)OC(=O)N1CCOc2c(CO)cccc21. The van der Waals surface area contributed by atoms with E-state index in [4.69, 9.17) is 9.47 Å². The fourth-order valence-electron chi connectivity index (χ4n) is 1.94. The van der Waals surface area contributed by atoms with Crippen molar-refractivity contribution in [2.75, 3.05) is 18.1 Å². The van der Waals surface area contributed by atoms with Crippen molar-refractivity contribution in [3.8, 4) is 5.75 Å². The van der Waals surface area contributed by atoms with Crippen LogP contribution in [0.5, 0.6) is 5.75 Å². The normalized spacial score (nSPS) is 14.6. The first-order chi connectivity index (χ1) is 8.92. The fourth-order valence-corrected chi connectivity index (χ4v) is 1.94. The summed E-state index contributed by atoms with van der Waals surface area (Å²) >= 11 is 0. The van der Waals surface area contributed by atoms with Crippen molar-refractivity contribution in [3.05, 3.63) is 23.8 Å². The zero-order valence-electron chi connectivity index (χ0n) is 11.5. The number of hydrogen-bond acceptors (Lipinski definition) is 4. The molecule has 0 bridgehead atoms. The Bertz CT molecular complexity index is 479. The third kappa shape index (κ3) is 2.98. The van der Waals surface area contributed by atoms with Gasteiger partial charge < -0.3 is 14.6 Å². The summed E-state index contributed by atoms with van der Waals surface area (Å²) in [7, 11) is 0. The van der Waals surface area contributed by atoms with E-state index < -0.39 is 11.7 Å². The number of aliphatic hydroxyl groups is 1. The lowest BCUT2D eigenvalue weighted by atomic mass is 10.1. The highest BCUT2D eigenvalue weighted by molar-refractivity contribution is 5.90. The molecule has 0 radical (unpaired) electrons. The molecule has 1 aromatic rings. The van der Waals surface area contributed by atoms with Crippen LogP contribution in [0.4, 0.5) is 10.5 Å². The molecule has 0 aliphatic carbocycles. The van der Waals surface area contributed by atoms with Gasteiger partial charge in [0.25, 0.3) is 0 Å². The van der Waals surface area contributed by atoms with Gasteiger partial charge >= 0.3 is 6.09 Å². The van der Waals surface area contributed by atoms with Gasteiger partial charge in [-0.15, -0.1) is 0 Å². The average molecular weight is 265 g/mol. The number of carbonyl (C=O) groups excluding carboxylic acids is 1. The molecular weight excluding hydrogens is 246 g/mol. The summed E-state index contributed by atoms with van der Waals surface area (Å²) < 4.78 is 10.9. The lowest BCUT2D eigenvalue weighted by Gasteiger charge is -2.32. The number of nitrogens with zero attached hydrogens (tertiary/aromatic N) is 1. The van der Waals surface area contributed by atoms with Gasteiger partial charge in [0.05, 0.1) is 18.8 Å². The zero-order chi connectivity index (χ0) is 14.0. The molecule has 104 valence electrons. The van der Waals surface area contributed by atoms with Gasteiger partial charge in [-0.25, -0.2) is 4.79 Å². The minimum Gasteiger partial charge on any atom is -0.489 e. The van der Waals surface area contributed by atoms with Gasteiger partial charge in [-0.1, -0.05) is 12.1 Å². The smallest absolute Gasteiger partial charge is 0.415 e. The van der Waals surface area contributed by atoms with Gasteiger partial charge in [0.2, 0.25) is 0 Å². The Morgan fingerprint density at radius 1 is 1.47 bits per heavy atom. The summed E-state index contributed by atoms with van der Waals surface area (Å²) in [6.45, 7) is 6.20. The van der Waals surface area contributed by atoms with Crippen molar-refractivity contribution >= 4 is 11.8 Å². The topological polar surface area (TPSA) is 59.0 Å². The fraction of sp³-hybridized carbons (Fsp3) is 0.500. The molecule has 1 N–H and O–H groups in total. The van der Waals surface area contributed by atoms with Crippen LogP contribution in [0.25, 0.3) is 0 Å². The molecule has 1 amide bonds. The second kappa shape index (κ2) is 5.09. The number of para-hydroxylation sites is 1. The molecule has 1 aromatic carbocycles. The summed E-state index contributed by atoms with van der Waals surface area (Å²) in [5.41, 5.74) is 0.780. The van der Waals surface area contributed by atoms with Crippen molar-refractivity contribution in [2.24, 2.45) is 0 Å². The molecule has 1 aliphatic heterocycles. The average Bonchev–Trinajstić information content (AvgIpc) is 2.35.